The molecule has 138 valence electrons. The Hall–Kier alpha value is -1.50. The van der Waals surface area contributed by atoms with Crippen molar-refractivity contribution in [1.29, 1.82) is 0 Å². The summed E-state index contributed by atoms with van der Waals surface area (Å²) in [5.74, 6) is 0.290. The molecule has 3 rings (SSSR count). The monoisotopic (exact) mass is 346 g/mol. The largest absolute Gasteiger partial charge is 0.379 e. The normalized spacial score (nSPS) is 21.7. The lowest BCUT2D eigenvalue weighted by molar-refractivity contribution is -0.132. The van der Waals surface area contributed by atoms with Crippen LogP contribution in [0.1, 0.15) is 25.5 Å². The van der Waals surface area contributed by atoms with Gasteiger partial charge in [0.2, 0.25) is 5.91 Å². The molecule has 0 radical (unpaired) electrons. The van der Waals surface area contributed by atoms with E-state index in [0.29, 0.717) is 18.4 Å². The first kappa shape index (κ1) is 18.3. The predicted molar refractivity (Wildman–Crippen MR) is 97.2 cm³/mol. The third-order valence-electron chi connectivity index (χ3n) is 5.19. The highest BCUT2D eigenvalue weighted by atomic mass is 16.5. The van der Waals surface area contributed by atoms with Crippen LogP contribution in [0.4, 0.5) is 0 Å². The SMILES string of the molecule is C[C@@H](CC(=O)N1CCCN(Cc2ccccn2)CC1)N1CCOCC1. The van der Waals surface area contributed by atoms with Crippen LogP contribution >= 0.6 is 0 Å². The summed E-state index contributed by atoms with van der Waals surface area (Å²) in [6.45, 7) is 10.1. The number of ether oxygens (including phenoxy) is 1. The Morgan fingerprint density at radius 2 is 2.00 bits per heavy atom. The van der Waals surface area contributed by atoms with Crippen molar-refractivity contribution < 1.29 is 9.53 Å². The van der Waals surface area contributed by atoms with E-state index in [0.717, 1.165) is 71.1 Å². The smallest absolute Gasteiger partial charge is 0.224 e. The predicted octanol–water partition coefficient (Wildman–Crippen LogP) is 1.23. The Labute approximate surface area is 150 Å². The van der Waals surface area contributed by atoms with E-state index in [1.807, 2.05) is 18.3 Å². The summed E-state index contributed by atoms with van der Waals surface area (Å²) < 4.78 is 5.40. The second-order valence-electron chi connectivity index (χ2n) is 7.03. The zero-order chi connectivity index (χ0) is 17.5. The molecule has 2 saturated heterocycles. The fourth-order valence-corrected chi connectivity index (χ4v) is 3.63. The van der Waals surface area contributed by atoms with Crippen molar-refractivity contribution in [2.24, 2.45) is 0 Å². The van der Waals surface area contributed by atoms with Gasteiger partial charge in [-0.1, -0.05) is 6.07 Å². The fraction of sp³-hybridized carbons (Fsp3) is 0.684. The molecule has 25 heavy (non-hydrogen) atoms. The zero-order valence-corrected chi connectivity index (χ0v) is 15.3. The van der Waals surface area contributed by atoms with Gasteiger partial charge in [-0.2, -0.15) is 0 Å². The van der Waals surface area contributed by atoms with E-state index in [2.05, 4.69) is 32.7 Å². The molecule has 0 spiro atoms. The summed E-state index contributed by atoms with van der Waals surface area (Å²) >= 11 is 0. The maximum atomic E-state index is 12.7. The second kappa shape index (κ2) is 9.27. The molecule has 0 bridgehead atoms. The van der Waals surface area contributed by atoms with Gasteiger partial charge < -0.3 is 9.64 Å². The molecule has 0 unspecified atom stereocenters. The lowest BCUT2D eigenvalue weighted by Crippen LogP contribution is -2.45. The van der Waals surface area contributed by atoms with Crippen molar-refractivity contribution in [1.82, 2.24) is 19.7 Å². The van der Waals surface area contributed by atoms with Crippen LogP contribution in [-0.4, -0.2) is 84.1 Å². The van der Waals surface area contributed by atoms with Gasteiger partial charge in [0.25, 0.3) is 0 Å². The zero-order valence-electron chi connectivity index (χ0n) is 15.3. The summed E-state index contributed by atoms with van der Waals surface area (Å²) in [6.07, 6.45) is 3.49. The minimum atomic E-state index is 0.290. The van der Waals surface area contributed by atoms with Gasteiger partial charge in [0, 0.05) is 64.5 Å². The van der Waals surface area contributed by atoms with Gasteiger partial charge in [-0.3, -0.25) is 19.6 Å². The van der Waals surface area contributed by atoms with E-state index >= 15 is 0 Å². The van der Waals surface area contributed by atoms with Crippen LogP contribution in [0.3, 0.4) is 0 Å². The minimum Gasteiger partial charge on any atom is -0.379 e. The van der Waals surface area contributed by atoms with Crippen molar-refractivity contribution in [3.05, 3.63) is 30.1 Å². The number of pyridine rings is 1. The Kier molecular flexibility index (Phi) is 6.78. The van der Waals surface area contributed by atoms with Crippen LogP contribution in [0.25, 0.3) is 0 Å². The summed E-state index contributed by atoms with van der Waals surface area (Å²) in [6, 6.07) is 6.34. The van der Waals surface area contributed by atoms with Crippen molar-refractivity contribution >= 4 is 5.91 Å². The molecule has 0 aromatic carbocycles. The third kappa shape index (κ3) is 5.49. The molecular formula is C19H30N4O2. The number of nitrogens with zero attached hydrogens (tertiary/aromatic N) is 4. The molecule has 1 amide bonds. The lowest BCUT2D eigenvalue weighted by Gasteiger charge is -2.33. The Bertz CT molecular complexity index is 533. The number of carbonyl (C=O) groups excluding carboxylic acids is 1. The quantitative estimate of drug-likeness (QED) is 0.803. The molecule has 0 aliphatic carbocycles. The average molecular weight is 346 g/mol. The van der Waals surface area contributed by atoms with Gasteiger partial charge >= 0.3 is 0 Å². The van der Waals surface area contributed by atoms with Crippen LogP contribution in [0.5, 0.6) is 0 Å². The van der Waals surface area contributed by atoms with Crippen LogP contribution in [0, 0.1) is 0 Å². The van der Waals surface area contributed by atoms with Gasteiger partial charge in [0.1, 0.15) is 0 Å². The van der Waals surface area contributed by atoms with Crippen LogP contribution < -0.4 is 0 Å². The molecule has 2 aliphatic rings. The van der Waals surface area contributed by atoms with E-state index in [-0.39, 0.29) is 0 Å². The lowest BCUT2D eigenvalue weighted by atomic mass is 10.1. The average Bonchev–Trinajstić information content (AvgIpc) is 2.89. The van der Waals surface area contributed by atoms with Crippen molar-refractivity contribution in [3.8, 4) is 0 Å². The van der Waals surface area contributed by atoms with E-state index in [4.69, 9.17) is 4.74 Å². The van der Waals surface area contributed by atoms with E-state index in [1.54, 1.807) is 0 Å². The van der Waals surface area contributed by atoms with Crippen molar-refractivity contribution in [2.45, 2.75) is 32.4 Å². The highest BCUT2D eigenvalue weighted by molar-refractivity contribution is 5.76. The van der Waals surface area contributed by atoms with E-state index in [9.17, 15) is 4.79 Å². The molecular weight excluding hydrogens is 316 g/mol. The number of carbonyl (C=O) groups is 1. The summed E-state index contributed by atoms with van der Waals surface area (Å²) in [7, 11) is 0. The van der Waals surface area contributed by atoms with Gasteiger partial charge in [0.15, 0.2) is 0 Å². The maximum Gasteiger partial charge on any atom is 0.224 e. The molecule has 0 N–H and O–H groups in total. The molecule has 6 nitrogen and oxygen atoms in total. The number of hydrogen-bond acceptors (Lipinski definition) is 5. The Morgan fingerprint density at radius 1 is 1.16 bits per heavy atom. The van der Waals surface area contributed by atoms with Gasteiger partial charge in [-0.25, -0.2) is 0 Å². The first-order valence-corrected chi connectivity index (χ1v) is 9.44. The Morgan fingerprint density at radius 3 is 2.76 bits per heavy atom. The highest BCUT2D eigenvalue weighted by Crippen LogP contribution is 2.12. The first-order valence-electron chi connectivity index (χ1n) is 9.44. The number of aromatic nitrogens is 1. The Balaban J connectivity index is 1.46. The number of morpholine rings is 1. The summed E-state index contributed by atoms with van der Waals surface area (Å²) in [4.78, 5) is 23.9. The highest BCUT2D eigenvalue weighted by Gasteiger charge is 2.24. The second-order valence-corrected chi connectivity index (χ2v) is 7.03. The van der Waals surface area contributed by atoms with Crippen LogP contribution in [-0.2, 0) is 16.1 Å². The van der Waals surface area contributed by atoms with Gasteiger partial charge in [0.05, 0.1) is 18.9 Å². The molecule has 6 heteroatoms. The third-order valence-corrected chi connectivity index (χ3v) is 5.19. The minimum absolute atomic E-state index is 0.290. The van der Waals surface area contributed by atoms with Gasteiger partial charge in [-0.15, -0.1) is 0 Å². The number of hydrogen-bond donors (Lipinski definition) is 0. The fourth-order valence-electron chi connectivity index (χ4n) is 3.63. The summed E-state index contributed by atoms with van der Waals surface area (Å²) in [5, 5.41) is 0. The molecule has 1 aromatic rings. The number of rotatable bonds is 5. The molecule has 2 aliphatic heterocycles. The molecule has 1 aromatic heterocycles. The molecule has 1 atom stereocenters. The van der Waals surface area contributed by atoms with Crippen molar-refractivity contribution in [2.75, 3.05) is 52.5 Å². The van der Waals surface area contributed by atoms with E-state index < -0.39 is 0 Å². The number of amides is 1. The molecule has 3 heterocycles. The first-order chi connectivity index (χ1) is 12.2. The van der Waals surface area contributed by atoms with Crippen molar-refractivity contribution in [3.63, 3.8) is 0 Å². The van der Waals surface area contributed by atoms with E-state index in [1.165, 1.54) is 0 Å². The standard InChI is InChI=1S/C19H30N4O2/c1-17(22-11-13-25-14-12-22)15-19(24)23-8-4-7-21(9-10-23)16-18-5-2-3-6-20-18/h2-3,5-6,17H,4,7-16H2,1H3/t17-/m0/s1. The summed E-state index contributed by atoms with van der Waals surface area (Å²) in [5.41, 5.74) is 1.10. The van der Waals surface area contributed by atoms with Gasteiger partial charge in [-0.05, 0) is 25.5 Å². The van der Waals surface area contributed by atoms with Crippen LogP contribution in [0.15, 0.2) is 24.4 Å². The van der Waals surface area contributed by atoms with Crippen LogP contribution in [0.2, 0.25) is 0 Å². The molecule has 0 saturated carbocycles. The maximum absolute atomic E-state index is 12.7. The molecule has 2 fully saturated rings. The topological polar surface area (TPSA) is 48.9 Å².